The number of carbonyl (C=O) groups excluding carboxylic acids is 1. The molecule has 0 spiro atoms. The maximum absolute atomic E-state index is 11.8. The number of anilines is 1. The number of nitro groups is 2. The topological polar surface area (TPSA) is 115 Å². The highest BCUT2D eigenvalue weighted by atomic mass is 35.5. The van der Waals surface area contributed by atoms with Gasteiger partial charge < -0.3 is 5.32 Å². The van der Waals surface area contributed by atoms with E-state index >= 15 is 0 Å². The Morgan fingerprint density at radius 3 is 2.50 bits per heavy atom. The van der Waals surface area contributed by atoms with Crippen LogP contribution in [0.4, 0.5) is 17.1 Å². The van der Waals surface area contributed by atoms with Crippen molar-refractivity contribution in [2.24, 2.45) is 0 Å². The van der Waals surface area contributed by atoms with E-state index in [1.165, 1.54) is 42.5 Å². The summed E-state index contributed by atoms with van der Waals surface area (Å²) in [7, 11) is 0. The number of halogens is 1. The molecule has 122 valence electrons. The Bertz CT molecular complexity index is 851. The molecular weight excluding hydrogens is 338 g/mol. The molecule has 1 N–H and O–H groups in total. The molecule has 0 saturated carbocycles. The van der Waals surface area contributed by atoms with E-state index in [1.807, 2.05) is 0 Å². The van der Waals surface area contributed by atoms with Crippen LogP contribution in [0.25, 0.3) is 6.08 Å². The van der Waals surface area contributed by atoms with Gasteiger partial charge in [-0.2, -0.15) is 0 Å². The molecule has 0 aliphatic carbocycles. The molecule has 0 unspecified atom stereocenters. The second kappa shape index (κ2) is 7.34. The Labute approximate surface area is 140 Å². The summed E-state index contributed by atoms with van der Waals surface area (Å²) in [5.74, 6) is -0.543. The van der Waals surface area contributed by atoms with Gasteiger partial charge in [-0.15, -0.1) is 0 Å². The van der Waals surface area contributed by atoms with E-state index in [0.717, 1.165) is 6.07 Å². The molecule has 0 aromatic heterocycles. The Morgan fingerprint density at radius 2 is 1.83 bits per heavy atom. The average Bonchev–Trinajstić information content (AvgIpc) is 2.54. The van der Waals surface area contributed by atoms with E-state index in [0.29, 0.717) is 5.56 Å². The van der Waals surface area contributed by atoms with Gasteiger partial charge in [0.1, 0.15) is 5.02 Å². The van der Waals surface area contributed by atoms with E-state index in [4.69, 9.17) is 11.6 Å². The lowest BCUT2D eigenvalue weighted by molar-refractivity contribution is -0.385. The zero-order valence-corrected chi connectivity index (χ0v) is 12.8. The molecule has 2 aromatic rings. The normalized spacial score (nSPS) is 10.5. The zero-order valence-electron chi connectivity index (χ0n) is 12.0. The van der Waals surface area contributed by atoms with Gasteiger partial charge in [0, 0.05) is 30.0 Å². The third kappa shape index (κ3) is 4.37. The van der Waals surface area contributed by atoms with Crippen LogP contribution in [0.2, 0.25) is 5.02 Å². The van der Waals surface area contributed by atoms with Crippen LogP contribution >= 0.6 is 11.6 Å². The van der Waals surface area contributed by atoms with Gasteiger partial charge >= 0.3 is 0 Å². The highest BCUT2D eigenvalue weighted by molar-refractivity contribution is 6.32. The molecule has 24 heavy (non-hydrogen) atoms. The molecule has 2 aromatic carbocycles. The third-order valence-corrected chi connectivity index (χ3v) is 3.24. The first kappa shape index (κ1) is 17.1. The minimum atomic E-state index is -0.656. The van der Waals surface area contributed by atoms with Gasteiger partial charge in [0.25, 0.3) is 11.4 Å². The lowest BCUT2D eigenvalue weighted by atomic mass is 10.2. The highest BCUT2D eigenvalue weighted by Crippen LogP contribution is 2.27. The largest absolute Gasteiger partial charge is 0.322 e. The molecule has 0 aliphatic heterocycles. The number of nitrogens with one attached hydrogen (secondary N) is 1. The van der Waals surface area contributed by atoms with Gasteiger partial charge in [-0.3, -0.25) is 25.0 Å². The Morgan fingerprint density at radius 1 is 1.08 bits per heavy atom. The molecule has 0 atom stereocenters. The number of non-ortho nitro benzene ring substituents is 1. The van der Waals surface area contributed by atoms with Gasteiger partial charge in [-0.05, 0) is 23.8 Å². The number of amides is 1. The van der Waals surface area contributed by atoms with Crippen molar-refractivity contribution in [2.45, 2.75) is 0 Å². The number of benzene rings is 2. The minimum Gasteiger partial charge on any atom is -0.322 e. The van der Waals surface area contributed by atoms with Crippen molar-refractivity contribution in [3.8, 4) is 0 Å². The average molecular weight is 348 g/mol. The molecule has 0 bridgehead atoms. The summed E-state index contributed by atoms with van der Waals surface area (Å²) in [5, 5.41) is 23.9. The van der Waals surface area contributed by atoms with E-state index in [1.54, 1.807) is 6.07 Å². The summed E-state index contributed by atoms with van der Waals surface area (Å²) in [6.45, 7) is 0. The summed E-state index contributed by atoms with van der Waals surface area (Å²) in [4.78, 5) is 32.1. The lowest BCUT2D eigenvalue weighted by Gasteiger charge is -2.03. The van der Waals surface area contributed by atoms with E-state index in [9.17, 15) is 25.0 Å². The van der Waals surface area contributed by atoms with Crippen LogP contribution in [-0.4, -0.2) is 15.8 Å². The highest BCUT2D eigenvalue weighted by Gasteiger charge is 2.13. The summed E-state index contributed by atoms with van der Waals surface area (Å²) >= 11 is 5.69. The number of rotatable bonds is 5. The molecule has 2 rings (SSSR count). The van der Waals surface area contributed by atoms with E-state index < -0.39 is 15.8 Å². The van der Waals surface area contributed by atoms with Crippen molar-refractivity contribution in [1.29, 1.82) is 0 Å². The molecule has 1 amide bonds. The van der Waals surface area contributed by atoms with Crippen molar-refractivity contribution in [2.75, 3.05) is 5.32 Å². The number of hydrogen-bond donors (Lipinski definition) is 1. The van der Waals surface area contributed by atoms with E-state index in [2.05, 4.69) is 5.32 Å². The monoisotopic (exact) mass is 347 g/mol. The van der Waals surface area contributed by atoms with Crippen molar-refractivity contribution in [1.82, 2.24) is 0 Å². The first-order valence-electron chi connectivity index (χ1n) is 6.54. The van der Waals surface area contributed by atoms with Crippen molar-refractivity contribution < 1.29 is 14.6 Å². The fourth-order valence-corrected chi connectivity index (χ4v) is 2.01. The Kier molecular flexibility index (Phi) is 5.23. The minimum absolute atomic E-state index is 0.0369. The second-order valence-electron chi connectivity index (χ2n) is 4.60. The quantitative estimate of drug-likeness (QED) is 0.501. The van der Waals surface area contributed by atoms with Crippen molar-refractivity contribution in [3.63, 3.8) is 0 Å². The number of hydrogen-bond acceptors (Lipinski definition) is 5. The SMILES string of the molecule is O=C(C=Cc1cccc([N+](=O)[O-])c1)Nc1ccc(Cl)c([N+](=O)[O-])c1. The Hall–Kier alpha value is -3.26. The van der Waals surface area contributed by atoms with Gasteiger partial charge in [-0.25, -0.2) is 0 Å². The second-order valence-corrected chi connectivity index (χ2v) is 5.01. The molecule has 0 radical (unpaired) electrons. The fraction of sp³-hybridized carbons (Fsp3) is 0. The van der Waals surface area contributed by atoms with Crippen molar-refractivity contribution >= 4 is 40.6 Å². The van der Waals surface area contributed by atoms with Gasteiger partial charge in [0.15, 0.2) is 0 Å². The van der Waals surface area contributed by atoms with Crippen LogP contribution in [0.5, 0.6) is 0 Å². The van der Waals surface area contributed by atoms with Gasteiger partial charge in [0.05, 0.1) is 9.85 Å². The molecule has 0 aliphatic rings. The standard InChI is InChI=1S/C15H10ClN3O5/c16-13-6-5-11(9-14(13)19(23)24)17-15(20)7-4-10-2-1-3-12(8-10)18(21)22/h1-9H,(H,17,20). The first-order valence-corrected chi connectivity index (χ1v) is 6.92. The molecule has 8 nitrogen and oxygen atoms in total. The molecule has 0 saturated heterocycles. The maximum atomic E-state index is 11.8. The predicted octanol–water partition coefficient (Wildman–Crippen LogP) is 3.81. The van der Waals surface area contributed by atoms with Crippen LogP contribution in [0.1, 0.15) is 5.56 Å². The lowest BCUT2D eigenvalue weighted by Crippen LogP contribution is -2.08. The summed E-state index contributed by atoms with van der Waals surface area (Å²) in [5.41, 5.74) is 0.268. The molecule has 0 heterocycles. The van der Waals surface area contributed by atoms with Gasteiger partial charge in [-0.1, -0.05) is 23.7 Å². The maximum Gasteiger partial charge on any atom is 0.289 e. The van der Waals surface area contributed by atoms with Crippen LogP contribution in [0.15, 0.2) is 48.5 Å². The molecular formula is C15H10ClN3O5. The van der Waals surface area contributed by atoms with Crippen molar-refractivity contribution in [3.05, 3.63) is 79.4 Å². The smallest absolute Gasteiger partial charge is 0.289 e. The van der Waals surface area contributed by atoms with Crippen LogP contribution in [-0.2, 0) is 4.79 Å². The van der Waals surface area contributed by atoms with E-state index in [-0.39, 0.29) is 22.1 Å². The zero-order chi connectivity index (χ0) is 17.7. The third-order valence-electron chi connectivity index (χ3n) is 2.92. The number of nitrogens with zero attached hydrogens (tertiary/aromatic N) is 2. The first-order chi connectivity index (χ1) is 11.4. The summed E-state index contributed by atoms with van der Waals surface area (Å²) < 4.78 is 0. The summed E-state index contributed by atoms with van der Waals surface area (Å²) in [6.07, 6.45) is 2.56. The molecule has 0 fully saturated rings. The van der Waals surface area contributed by atoms with Crippen LogP contribution in [0.3, 0.4) is 0 Å². The number of carbonyl (C=O) groups is 1. The Balaban J connectivity index is 2.11. The number of nitro benzene ring substituents is 2. The molecule has 9 heteroatoms. The van der Waals surface area contributed by atoms with Gasteiger partial charge in [0.2, 0.25) is 5.91 Å². The van der Waals surface area contributed by atoms with Crippen LogP contribution < -0.4 is 5.32 Å². The summed E-state index contributed by atoms with van der Waals surface area (Å²) in [6, 6.07) is 9.62. The fourth-order valence-electron chi connectivity index (χ4n) is 1.83. The predicted molar refractivity (Wildman–Crippen MR) is 88.9 cm³/mol. The van der Waals surface area contributed by atoms with Crippen LogP contribution in [0, 0.1) is 20.2 Å².